The lowest BCUT2D eigenvalue weighted by atomic mass is 9.98. The first-order chi connectivity index (χ1) is 8.61. The maximum Gasteiger partial charge on any atom is 0.133 e. The predicted molar refractivity (Wildman–Crippen MR) is 70.2 cm³/mol. The molecule has 1 aromatic rings. The number of aryl methyl sites for hydroxylation is 1. The van der Waals surface area contributed by atoms with Crippen molar-refractivity contribution >= 4 is 0 Å². The number of hydrogen-bond acceptors (Lipinski definition) is 1. The molecular formula is C15H19F2N. The number of rotatable bonds is 6. The van der Waals surface area contributed by atoms with E-state index in [1.54, 1.807) is 6.92 Å². The molecule has 0 aromatic heterocycles. The first-order valence-electron chi connectivity index (χ1n) is 6.23. The van der Waals surface area contributed by atoms with Gasteiger partial charge in [0, 0.05) is 18.0 Å². The minimum absolute atomic E-state index is 0.133. The Morgan fingerprint density at radius 3 is 2.72 bits per heavy atom. The number of halogens is 2. The Morgan fingerprint density at radius 2 is 2.11 bits per heavy atom. The lowest BCUT2D eigenvalue weighted by molar-refractivity contribution is 0.445. The quantitative estimate of drug-likeness (QED) is 0.600. The van der Waals surface area contributed by atoms with E-state index in [0.717, 1.165) is 6.42 Å². The summed E-state index contributed by atoms with van der Waals surface area (Å²) in [5.41, 5.74) is 0.597. The van der Waals surface area contributed by atoms with E-state index in [-0.39, 0.29) is 11.6 Å². The number of nitrogens with one attached hydrogen (secondary N) is 1. The number of terminal acetylenes is 1. The highest BCUT2D eigenvalue weighted by atomic mass is 19.1. The van der Waals surface area contributed by atoms with Crippen LogP contribution in [0, 0.1) is 30.9 Å². The summed E-state index contributed by atoms with van der Waals surface area (Å²) in [7, 11) is 0. The zero-order valence-corrected chi connectivity index (χ0v) is 10.9. The Kier molecular flexibility index (Phi) is 5.80. The molecule has 1 unspecified atom stereocenters. The molecule has 0 saturated carbocycles. The van der Waals surface area contributed by atoms with E-state index < -0.39 is 11.6 Å². The monoisotopic (exact) mass is 251 g/mol. The SMILES string of the molecule is C#CCCCC(NCC)c1c(F)ccc(C)c1F. The van der Waals surface area contributed by atoms with Crippen LogP contribution in [-0.4, -0.2) is 6.54 Å². The molecule has 1 aromatic carbocycles. The van der Waals surface area contributed by atoms with Crippen LogP contribution in [-0.2, 0) is 0 Å². The van der Waals surface area contributed by atoms with Gasteiger partial charge in [0.2, 0.25) is 0 Å². The van der Waals surface area contributed by atoms with Gasteiger partial charge >= 0.3 is 0 Å². The minimum atomic E-state index is -0.496. The predicted octanol–water partition coefficient (Wildman–Crippen LogP) is 3.73. The lowest BCUT2D eigenvalue weighted by Gasteiger charge is -2.20. The largest absolute Gasteiger partial charge is 0.310 e. The minimum Gasteiger partial charge on any atom is -0.310 e. The summed E-state index contributed by atoms with van der Waals surface area (Å²) < 4.78 is 27.8. The van der Waals surface area contributed by atoms with Gasteiger partial charge in [-0.3, -0.25) is 0 Å². The zero-order valence-electron chi connectivity index (χ0n) is 10.9. The van der Waals surface area contributed by atoms with Crippen LogP contribution in [0.15, 0.2) is 12.1 Å². The number of unbranched alkanes of at least 4 members (excludes halogenated alkanes) is 1. The van der Waals surface area contributed by atoms with Crippen LogP contribution in [0.25, 0.3) is 0 Å². The van der Waals surface area contributed by atoms with Gasteiger partial charge in [-0.15, -0.1) is 12.3 Å². The Labute approximate surface area is 108 Å². The Balaban J connectivity index is 2.98. The third-order valence-electron chi connectivity index (χ3n) is 2.93. The van der Waals surface area contributed by atoms with Crippen molar-refractivity contribution in [2.75, 3.05) is 6.54 Å². The van der Waals surface area contributed by atoms with Crippen LogP contribution in [0.1, 0.15) is 43.4 Å². The maximum absolute atomic E-state index is 14.0. The summed E-state index contributed by atoms with van der Waals surface area (Å²) in [6.07, 6.45) is 7.20. The average Bonchev–Trinajstić information content (AvgIpc) is 2.35. The van der Waals surface area contributed by atoms with Gasteiger partial charge in [0.05, 0.1) is 0 Å². The Hall–Kier alpha value is -1.40. The zero-order chi connectivity index (χ0) is 13.5. The summed E-state index contributed by atoms with van der Waals surface area (Å²) in [5, 5.41) is 3.12. The van der Waals surface area contributed by atoms with Gasteiger partial charge in [0.25, 0.3) is 0 Å². The molecule has 0 aliphatic heterocycles. The Bertz CT molecular complexity index is 435. The second kappa shape index (κ2) is 7.13. The van der Waals surface area contributed by atoms with Gasteiger partial charge < -0.3 is 5.32 Å². The van der Waals surface area contributed by atoms with E-state index in [4.69, 9.17) is 6.42 Å². The van der Waals surface area contributed by atoms with Crippen molar-refractivity contribution in [1.82, 2.24) is 5.32 Å². The van der Waals surface area contributed by atoms with Crippen molar-refractivity contribution in [3.8, 4) is 12.3 Å². The van der Waals surface area contributed by atoms with Crippen LogP contribution in [0.2, 0.25) is 0 Å². The van der Waals surface area contributed by atoms with E-state index in [0.29, 0.717) is 24.9 Å². The number of benzene rings is 1. The first kappa shape index (κ1) is 14.7. The van der Waals surface area contributed by atoms with E-state index in [2.05, 4.69) is 11.2 Å². The molecule has 18 heavy (non-hydrogen) atoms. The summed E-state index contributed by atoms with van der Waals surface area (Å²) in [6, 6.07) is 2.46. The fourth-order valence-electron chi connectivity index (χ4n) is 2.00. The standard InChI is InChI=1S/C15H19F2N/c1-4-6-7-8-13(18-5-2)14-12(16)10-9-11(3)15(14)17/h1,9-10,13,18H,5-8H2,2-3H3. The summed E-state index contributed by atoms with van der Waals surface area (Å²) in [5.74, 6) is 1.59. The first-order valence-corrected chi connectivity index (χ1v) is 6.23. The summed E-state index contributed by atoms with van der Waals surface area (Å²) in [4.78, 5) is 0. The van der Waals surface area contributed by atoms with Crippen LogP contribution < -0.4 is 5.32 Å². The molecule has 1 N–H and O–H groups in total. The molecule has 0 aliphatic carbocycles. The molecule has 0 bridgehead atoms. The maximum atomic E-state index is 14.0. The molecule has 3 heteroatoms. The molecule has 1 rings (SSSR count). The van der Waals surface area contributed by atoms with Gasteiger partial charge in [-0.05, 0) is 37.9 Å². The summed E-state index contributed by atoms with van der Waals surface area (Å²) >= 11 is 0. The molecular weight excluding hydrogens is 232 g/mol. The lowest BCUT2D eigenvalue weighted by Crippen LogP contribution is -2.23. The molecule has 1 atom stereocenters. The van der Waals surface area contributed by atoms with Gasteiger partial charge in [-0.1, -0.05) is 13.0 Å². The van der Waals surface area contributed by atoms with E-state index >= 15 is 0 Å². The molecule has 0 spiro atoms. The van der Waals surface area contributed by atoms with Crippen LogP contribution >= 0.6 is 0 Å². The van der Waals surface area contributed by atoms with Gasteiger partial charge in [-0.25, -0.2) is 8.78 Å². The second-order valence-electron chi connectivity index (χ2n) is 4.30. The van der Waals surface area contributed by atoms with E-state index in [1.807, 2.05) is 6.92 Å². The third-order valence-corrected chi connectivity index (χ3v) is 2.93. The molecule has 0 saturated heterocycles. The molecule has 0 fully saturated rings. The summed E-state index contributed by atoms with van der Waals surface area (Å²) in [6.45, 7) is 4.22. The van der Waals surface area contributed by atoms with E-state index in [9.17, 15) is 8.78 Å². The van der Waals surface area contributed by atoms with Crippen LogP contribution in [0.3, 0.4) is 0 Å². The van der Waals surface area contributed by atoms with Gasteiger partial charge in [-0.2, -0.15) is 0 Å². The topological polar surface area (TPSA) is 12.0 Å². The van der Waals surface area contributed by atoms with E-state index in [1.165, 1.54) is 12.1 Å². The van der Waals surface area contributed by atoms with Crippen molar-refractivity contribution in [2.45, 2.75) is 39.2 Å². The normalized spacial score (nSPS) is 12.2. The highest BCUT2D eigenvalue weighted by Gasteiger charge is 2.20. The molecule has 0 radical (unpaired) electrons. The van der Waals surface area contributed by atoms with Crippen molar-refractivity contribution < 1.29 is 8.78 Å². The smallest absolute Gasteiger partial charge is 0.133 e. The van der Waals surface area contributed by atoms with Crippen LogP contribution in [0.4, 0.5) is 8.78 Å². The van der Waals surface area contributed by atoms with Crippen molar-refractivity contribution in [1.29, 1.82) is 0 Å². The molecule has 1 nitrogen and oxygen atoms in total. The van der Waals surface area contributed by atoms with Crippen LogP contribution in [0.5, 0.6) is 0 Å². The highest BCUT2D eigenvalue weighted by Crippen LogP contribution is 2.26. The molecule has 0 heterocycles. The van der Waals surface area contributed by atoms with Gasteiger partial charge in [0.15, 0.2) is 0 Å². The molecule has 0 amide bonds. The Morgan fingerprint density at radius 1 is 1.39 bits per heavy atom. The van der Waals surface area contributed by atoms with Gasteiger partial charge in [0.1, 0.15) is 11.6 Å². The van der Waals surface area contributed by atoms with Crippen molar-refractivity contribution in [2.24, 2.45) is 0 Å². The fraction of sp³-hybridized carbons (Fsp3) is 0.467. The highest BCUT2D eigenvalue weighted by molar-refractivity contribution is 5.29. The number of hydrogen-bond donors (Lipinski definition) is 1. The fourth-order valence-corrected chi connectivity index (χ4v) is 2.00. The molecule has 0 aliphatic rings. The third kappa shape index (κ3) is 3.54. The average molecular weight is 251 g/mol. The van der Waals surface area contributed by atoms with Crippen molar-refractivity contribution in [3.05, 3.63) is 34.9 Å². The molecule has 98 valence electrons. The van der Waals surface area contributed by atoms with Crippen molar-refractivity contribution in [3.63, 3.8) is 0 Å². The second-order valence-corrected chi connectivity index (χ2v) is 4.30.